The van der Waals surface area contributed by atoms with Crippen molar-refractivity contribution < 1.29 is 4.79 Å². The molecule has 1 amide bonds. The summed E-state index contributed by atoms with van der Waals surface area (Å²) in [6.07, 6.45) is 0.918. The van der Waals surface area contributed by atoms with Crippen molar-refractivity contribution >= 4 is 42.1 Å². The number of benzene rings is 1. The third-order valence-electron chi connectivity index (χ3n) is 3.06. The molecule has 0 aliphatic rings. The van der Waals surface area contributed by atoms with Gasteiger partial charge in [-0.3, -0.25) is 4.79 Å². The average Bonchev–Trinajstić information content (AvgIpc) is 2.93. The first-order chi connectivity index (χ1) is 9.60. The van der Waals surface area contributed by atoms with Crippen molar-refractivity contribution in [3.05, 3.63) is 51.5 Å². The summed E-state index contributed by atoms with van der Waals surface area (Å²) in [5.41, 5.74) is 8.81. The smallest absolute Gasteiger partial charge is 0.241 e. The Balaban J connectivity index is 0.00000220. The number of thiazole rings is 1. The van der Waals surface area contributed by atoms with Crippen LogP contribution in [0.3, 0.4) is 0 Å². The van der Waals surface area contributed by atoms with Crippen molar-refractivity contribution in [1.82, 2.24) is 10.3 Å². The average molecular weight is 362 g/mol. The topological polar surface area (TPSA) is 68.0 Å². The van der Waals surface area contributed by atoms with Crippen LogP contribution in [0.1, 0.15) is 34.8 Å². The van der Waals surface area contributed by atoms with Gasteiger partial charge in [-0.05, 0) is 18.9 Å². The summed E-state index contributed by atoms with van der Waals surface area (Å²) >= 11 is 1.61. The number of aromatic nitrogens is 1. The second-order valence-corrected chi connectivity index (χ2v) is 5.63. The lowest BCUT2D eigenvalue weighted by molar-refractivity contribution is -0.122. The van der Waals surface area contributed by atoms with Crippen LogP contribution in [0.4, 0.5) is 0 Å². The first-order valence-electron chi connectivity index (χ1n) is 6.63. The molecule has 2 rings (SSSR count). The lowest BCUT2D eigenvalue weighted by Crippen LogP contribution is -2.33. The predicted molar refractivity (Wildman–Crippen MR) is 95.9 cm³/mol. The number of rotatable bonds is 5. The summed E-state index contributed by atoms with van der Waals surface area (Å²) in [6.45, 7) is 4.49. The molecule has 22 heavy (non-hydrogen) atoms. The fraction of sp³-hybridized carbons (Fsp3) is 0.333. The highest BCUT2D eigenvalue weighted by atomic mass is 35.5. The second kappa shape index (κ2) is 9.79. The number of nitrogens with two attached hydrogens (primary N) is 1. The van der Waals surface area contributed by atoms with E-state index in [0.29, 0.717) is 6.54 Å². The summed E-state index contributed by atoms with van der Waals surface area (Å²) in [7, 11) is 0. The molecule has 0 fully saturated rings. The minimum Gasteiger partial charge on any atom is -0.349 e. The Labute approximate surface area is 147 Å². The summed E-state index contributed by atoms with van der Waals surface area (Å²) < 4.78 is 0. The maximum Gasteiger partial charge on any atom is 0.241 e. The van der Waals surface area contributed by atoms with E-state index in [-0.39, 0.29) is 30.7 Å². The van der Waals surface area contributed by atoms with Gasteiger partial charge in [-0.15, -0.1) is 36.2 Å². The zero-order valence-electron chi connectivity index (χ0n) is 12.5. The highest BCUT2D eigenvalue weighted by Crippen LogP contribution is 2.13. The monoisotopic (exact) mass is 361 g/mol. The molecule has 0 spiro atoms. The number of halogens is 2. The fourth-order valence-electron chi connectivity index (χ4n) is 1.81. The third kappa shape index (κ3) is 5.57. The molecule has 0 saturated heterocycles. The Hall–Kier alpha value is -1.14. The standard InChI is InChI=1S/C15H19N3OS.2ClH/c1-3-13-18-12(9-20-13)8-17-15(19)14(16)11-6-4-10(2)5-7-11;;/h4-7,9,14H,3,8,16H2,1-2H3,(H,17,19);2*1H. The first kappa shape index (κ1) is 20.9. The minimum absolute atomic E-state index is 0. The van der Waals surface area contributed by atoms with Gasteiger partial charge in [0.25, 0.3) is 0 Å². The van der Waals surface area contributed by atoms with E-state index in [4.69, 9.17) is 5.73 Å². The van der Waals surface area contributed by atoms with Crippen LogP contribution < -0.4 is 11.1 Å². The second-order valence-electron chi connectivity index (χ2n) is 4.69. The van der Waals surface area contributed by atoms with Crippen molar-refractivity contribution in [3.63, 3.8) is 0 Å². The molecule has 4 nitrogen and oxygen atoms in total. The molecular formula is C15H21Cl2N3OS. The van der Waals surface area contributed by atoms with Gasteiger partial charge in [0.2, 0.25) is 5.91 Å². The number of carbonyl (C=O) groups excluding carboxylic acids is 1. The maximum atomic E-state index is 12.0. The summed E-state index contributed by atoms with van der Waals surface area (Å²) in [4.78, 5) is 16.4. The highest BCUT2D eigenvalue weighted by Gasteiger charge is 2.15. The van der Waals surface area contributed by atoms with Crippen LogP contribution in [0.2, 0.25) is 0 Å². The van der Waals surface area contributed by atoms with E-state index in [9.17, 15) is 4.79 Å². The number of amides is 1. The van der Waals surface area contributed by atoms with E-state index in [0.717, 1.165) is 28.2 Å². The van der Waals surface area contributed by atoms with Crippen LogP contribution in [0, 0.1) is 6.92 Å². The number of nitrogens with one attached hydrogen (secondary N) is 1. The molecule has 2 aromatic rings. The Kier molecular flexibility index (Phi) is 9.28. The zero-order chi connectivity index (χ0) is 14.5. The first-order valence-corrected chi connectivity index (χ1v) is 7.51. The largest absolute Gasteiger partial charge is 0.349 e. The van der Waals surface area contributed by atoms with Gasteiger partial charge in [0.05, 0.1) is 17.2 Å². The Morgan fingerprint density at radius 3 is 2.50 bits per heavy atom. The normalized spacial score (nSPS) is 11.0. The molecule has 0 bridgehead atoms. The molecule has 1 aromatic carbocycles. The van der Waals surface area contributed by atoms with Crippen LogP contribution in [-0.4, -0.2) is 10.9 Å². The molecular weight excluding hydrogens is 341 g/mol. The summed E-state index contributed by atoms with van der Waals surface area (Å²) in [6, 6.07) is 7.04. The quantitative estimate of drug-likeness (QED) is 0.859. The Morgan fingerprint density at radius 1 is 1.32 bits per heavy atom. The van der Waals surface area contributed by atoms with Gasteiger partial charge in [-0.25, -0.2) is 4.98 Å². The van der Waals surface area contributed by atoms with Crippen molar-refractivity contribution in [2.24, 2.45) is 5.73 Å². The van der Waals surface area contributed by atoms with E-state index in [1.807, 2.05) is 36.6 Å². The molecule has 1 unspecified atom stereocenters. The third-order valence-corrected chi connectivity index (χ3v) is 4.11. The number of carbonyl (C=O) groups is 1. The number of aryl methyl sites for hydroxylation is 2. The molecule has 0 aliphatic heterocycles. The summed E-state index contributed by atoms with van der Waals surface area (Å²) in [5.74, 6) is -0.181. The molecule has 0 saturated carbocycles. The predicted octanol–water partition coefficient (Wildman–Crippen LogP) is 3.17. The van der Waals surface area contributed by atoms with Gasteiger partial charge in [0.15, 0.2) is 0 Å². The van der Waals surface area contributed by atoms with Gasteiger partial charge in [-0.2, -0.15) is 0 Å². The van der Waals surface area contributed by atoms with E-state index < -0.39 is 6.04 Å². The van der Waals surface area contributed by atoms with Gasteiger partial charge in [0.1, 0.15) is 6.04 Å². The maximum absolute atomic E-state index is 12.0. The van der Waals surface area contributed by atoms with Gasteiger partial charge in [-0.1, -0.05) is 36.8 Å². The van der Waals surface area contributed by atoms with E-state index >= 15 is 0 Å². The van der Waals surface area contributed by atoms with Crippen molar-refractivity contribution in [2.75, 3.05) is 0 Å². The van der Waals surface area contributed by atoms with Crippen molar-refractivity contribution in [3.8, 4) is 0 Å². The molecule has 3 N–H and O–H groups in total. The number of hydrogen-bond acceptors (Lipinski definition) is 4. The molecule has 1 heterocycles. The van der Waals surface area contributed by atoms with Gasteiger partial charge < -0.3 is 11.1 Å². The number of nitrogens with zero attached hydrogens (tertiary/aromatic N) is 1. The Bertz CT molecular complexity index is 587. The van der Waals surface area contributed by atoms with Crippen LogP contribution in [0.5, 0.6) is 0 Å². The SMILES string of the molecule is CCc1nc(CNC(=O)C(N)c2ccc(C)cc2)cs1.Cl.Cl. The molecule has 0 radical (unpaired) electrons. The lowest BCUT2D eigenvalue weighted by atomic mass is 10.1. The van der Waals surface area contributed by atoms with E-state index in [1.54, 1.807) is 11.3 Å². The van der Waals surface area contributed by atoms with Crippen molar-refractivity contribution in [2.45, 2.75) is 32.9 Å². The van der Waals surface area contributed by atoms with Gasteiger partial charge in [0, 0.05) is 5.38 Å². The van der Waals surface area contributed by atoms with E-state index in [2.05, 4.69) is 17.2 Å². The summed E-state index contributed by atoms with van der Waals surface area (Å²) in [5, 5.41) is 5.88. The van der Waals surface area contributed by atoms with Crippen molar-refractivity contribution in [1.29, 1.82) is 0 Å². The highest BCUT2D eigenvalue weighted by molar-refractivity contribution is 7.09. The minimum atomic E-state index is -0.639. The zero-order valence-corrected chi connectivity index (χ0v) is 15.0. The molecule has 0 aliphatic carbocycles. The lowest BCUT2D eigenvalue weighted by Gasteiger charge is -2.12. The number of hydrogen-bond donors (Lipinski definition) is 2. The van der Waals surface area contributed by atoms with Crippen LogP contribution in [0.15, 0.2) is 29.6 Å². The molecule has 1 atom stereocenters. The van der Waals surface area contributed by atoms with Crippen LogP contribution in [-0.2, 0) is 17.8 Å². The molecule has 1 aromatic heterocycles. The fourth-order valence-corrected chi connectivity index (χ4v) is 2.55. The van der Waals surface area contributed by atoms with E-state index in [1.165, 1.54) is 0 Å². The van der Waals surface area contributed by atoms with Gasteiger partial charge >= 0.3 is 0 Å². The van der Waals surface area contributed by atoms with Crippen LogP contribution >= 0.6 is 36.2 Å². The van der Waals surface area contributed by atoms with Crippen LogP contribution in [0.25, 0.3) is 0 Å². The molecule has 7 heteroatoms. The Morgan fingerprint density at radius 2 is 1.95 bits per heavy atom. The molecule has 122 valence electrons.